The summed E-state index contributed by atoms with van der Waals surface area (Å²) in [5.74, 6) is 0.404. The van der Waals surface area contributed by atoms with E-state index in [9.17, 15) is 14.9 Å². The van der Waals surface area contributed by atoms with Gasteiger partial charge in [0, 0.05) is 13.0 Å². The van der Waals surface area contributed by atoms with E-state index in [0.717, 1.165) is 0 Å². The molecule has 1 rings (SSSR count). The SMILES string of the molecule is CC(=Cc1ccc(OC=O)cc1)[N+](=O)[O-]. The number of allylic oxidation sites excluding steroid dienone is 1. The number of hydrogen-bond donors (Lipinski definition) is 0. The van der Waals surface area contributed by atoms with Crippen LogP contribution in [0.4, 0.5) is 0 Å². The summed E-state index contributed by atoms with van der Waals surface area (Å²) in [7, 11) is 0. The lowest BCUT2D eigenvalue weighted by molar-refractivity contribution is -0.422. The van der Waals surface area contributed by atoms with E-state index in [2.05, 4.69) is 4.74 Å². The molecule has 0 saturated carbocycles. The van der Waals surface area contributed by atoms with Crippen LogP contribution in [0.2, 0.25) is 0 Å². The van der Waals surface area contributed by atoms with E-state index in [1.165, 1.54) is 13.0 Å². The average molecular weight is 207 g/mol. The van der Waals surface area contributed by atoms with Gasteiger partial charge in [-0.05, 0) is 17.7 Å². The first-order chi connectivity index (χ1) is 7.13. The van der Waals surface area contributed by atoms with Crippen molar-refractivity contribution < 1.29 is 14.5 Å². The van der Waals surface area contributed by atoms with Gasteiger partial charge >= 0.3 is 0 Å². The third kappa shape index (κ3) is 3.22. The molecule has 5 nitrogen and oxygen atoms in total. The first-order valence-electron chi connectivity index (χ1n) is 4.16. The Morgan fingerprint density at radius 1 is 1.40 bits per heavy atom. The van der Waals surface area contributed by atoms with Crippen LogP contribution in [0.15, 0.2) is 30.0 Å². The van der Waals surface area contributed by atoms with Gasteiger partial charge in [-0.25, -0.2) is 0 Å². The van der Waals surface area contributed by atoms with E-state index in [1.54, 1.807) is 24.3 Å². The highest BCUT2D eigenvalue weighted by molar-refractivity contribution is 5.53. The molecule has 0 aliphatic heterocycles. The van der Waals surface area contributed by atoms with Crippen LogP contribution in [0.5, 0.6) is 5.75 Å². The lowest BCUT2D eigenvalue weighted by Crippen LogP contribution is -1.93. The average Bonchev–Trinajstić information content (AvgIpc) is 2.21. The van der Waals surface area contributed by atoms with Gasteiger partial charge in [0.2, 0.25) is 5.70 Å². The molecule has 1 aromatic rings. The normalized spacial score (nSPS) is 10.9. The second kappa shape index (κ2) is 4.90. The van der Waals surface area contributed by atoms with Gasteiger partial charge in [0.15, 0.2) is 0 Å². The third-order valence-electron chi connectivity index (χ3n) is 1.73. The van der Waals surface area contributed by atoms with E-state index in [0.29, 0.717) is 17.8 Å². The summed E-state index contributed by atoms with van der Waals surface area (Å²) in [5.41, 5.74) is 0.738. The molecule has 0 aliphatic carbocycles. The Bertz CT molecular complexity index is 394. The predicted molar refractivity (Wildman–Crippen MR) is 53.8 cm³/mol. The van der Waals surface area contributed by atoms with Crippen LogP contribution >= 0.6 is 0 Å². The van der Waals surface area contributed by atoms with Gasteiger partial charge in [-0.2, -0.15) is 0 Å². The largest absolute Gasteiger partial charge is 0.429 e. The summed E-state index contributed by atoms with van der Waals surface area (Å²) in [4.78, 5) is 19.9. The van der Waals surface area contributed by atoms with E-state index < -0.39 is 4.92 Å². The number of nitro groups is 1. The molecule has 0 aliphatic rings. The fraction of sp³-hybridized carbons (Fsp3) is 0.100. The second-order valence-electron chi connectivity index (χ2n) is 2.83. The third-order valence-corrected chi connectivity index (χ3v) is 1.73. The molecule has 0 unspecified atom stereocenters. The van der Waals surface area contributed by atoms with Crippen molar-refractivity contribution in [1.29, 1.82) is 0 Å². The highest BCUT2D eigenvalue weighted by Crippen LogP contribution is 2.13. The van der Waals surface area contributed by atoms with Crippen molar-refractivity contribution in [3.8, 4) is 5.75 Å². The molecule has 0 spiro atoms. The monoisotopic (exact) mass is 207 g/mol. The van der Waals surface area contributed by atoms with Crippen molar-refractivity contribution in [1.82, 2.24) is 0 Å². The number of benzene rings is 1. The molecule has 78 valence electrons. The first-order valence-corrected chi connectivity index (χ1v) is 4.16. The molecular formula is C10H9NO4. The number of rotatable bonds is 4. The number of carbonyl (C=O) groups is 1. The fourth-order valence-electron chi connectivity index (χ4n) is 0.992. The Hall–Kier alpha value is -2.17. The van der Waals surface area contributed by atoms with Gasteiger partial charge in [0.1, 0.15) is 5.75 Å². The van der Waals surface area contributed by atoms with E-state index in [1.807, 2.05) is 0 Å². The lowest BCUT2D eigenvalue weighted by atomic mass is 10.2. The summed E-state index contributed by atoms with van der Waals surface area (Å²) in [6.45, 7) is 1.74. The number of hydrogen-bond acceptors (Lipinski definition) is 4. The molecule has 1 aromatic carbocycles. The highest BCUT2D eigenvalue weighted by Gasteiger charge is 2.01. The van der Waals surface area contributed by atoms with E-state index in [-0.39, 0.29) is 5.70 Å². The smallest absolute Gasteiger partial charge is 0.298 e. The van der Waals surface area contributed by atoms with Crippen molar-refractivity contribution in [2.75, 3.05) is 0 Å². The Labute approximate surface area is 86.1 Å². The topological polar surface area (TPSA) is 69.4 Å². The summed E-state index contributed by atoms with van der Waals surface area (Å²) >= 11 is 0. The zero-order chi connectivity index (χ0) is 11.3. The van der Waals surface area contributed by atoms with E-state index >= 15 is 0 Å². The minimum atomic E-state index is -0.462. The zero-order valence-corrected chi connectivity index (χ0v) is 8.04. The number of carbonyl (C=O) groups excluding carboxylic acids is 1. The van der Waals surface area contributed by atoms with Crippen molar-refractivity contribution in [2.24, 2.45) is 0 Å². The van der Waals surface area contributed by atoms with Crippen LogP contribution < -0.4 is 4.74 Å². The highest BCUT2D eigenvalue weighted by atomic mass is 16.6. The zero-order valence-electron chi connectivity index (χ0n) is 8.04. The molecule has 0 radical (unpaired) electrons. The minimum absolute atomic E-state index is 0.0547. The van der Waals surface area contributed by atoms with Gasteiger partial charge < -0.3 is 4.74 Å². The molecular weight excluding hydrogens is 198 g/mol. The maximum absolute atomic E-state index is 10.3. The van der Waals surface area contributed by atoms with Gasteiger partial charge in [0.25, 0.3) is 6.47 Å². The van der Waals surface area contributed by atoms with Gasteiger partial charge in [-0.3, -0.25) is 14.9 Å². The van der Waals surface area contributed by atoms with Crippen LogP contribution in [-0.2, 0) is 4.79 Å². The summed E-state index contributed by atoms with van der Waals surface area (Å²) in [6, 6.07) is 6.39. The molecule has 0 amide bonds. The standard InChI is InChI=1S/C10H9NO4/c1-8(11(13)14)6-9-2-4-10(5-3-9)15-7-12/h2-7H,1H3. The summed E-state index contributed by atoms with van der Waals surface area (Å²) < 4.78 is 4.58. The molecule has 0 N–H and O–H groups in total. The van der Waals surface area contributed by atoms with Gasteiger partial charge in [-0.1, -0.05) is 12.1 Å². The first kappa shape index (κ1) is 10.9. The Morgan fingerprint density at radius 3 is 2.47 bits per heavy atom. The van der Waals surface area contributed by atoms with Crippen molar-refractivity contribution >= 4 is 12.5 Å². The Kier molecular flexibility index (Phi) is 3.56. The quantitative estimate of drug-likeness (QED) is 0.429. The van der Waals surface area contributed by atoms with Crippen molar-refractivity contribution in [2.45, 2.75) is 6.92 Å². The molecule has 0 heterocycles. The van der Waals surface area contributed by atoms with Crippen LogP contribution in [0, 0.1) is 10.1 Å². The molecule has 5 heteroatoms. The van der Waals surface area contributed by atoms with Crippen molar-refractivity contribution in [3.05, 3.63) is 45.6 Å². The number of nitrogens with zero attached hydrogens (tertiary/aromatic N) is 1. The van der Waals surface area contributed by atoms with Crippen LogP contribution in [0.25, 0.3) is 6.08 Å². The molecule has 0 fully saturated rings. The Balaban J connectivity index is 2.85. The molecule has 15 heavy (non-hydrogen) atoms. The molecule has 0 bridgehead atoms. The fourth-order valence-corrected chi connectivity index (χ4v) is 0.992. The number of ether oxygens (including phenoxy) is 1. The second-order valence-corrected chi connectivity index (χ2v) is 2.83. The van der Waals surface area contributed by atoms with Gasteiger partial charge in [0.05, 0.1) is 4.92 Å². The van der Waals surface area contributed by atoms with Crippen LogP contribution in [-0.4, -0.2) is 11.4 Å². The lowest BCUT2D eigenvalue weighted by Gasteiger charge is -1.97. The Morgan fingerprint density at radius 2 is 2.00 bits per heavy atom. The van der Waals surface area contributed by atoms with E-state index in [4.69, 9.17) is 0 Å². The maximum atomic E-state index is 10.3. The van der Waals surface area contributed by atoms with Crippen molar-refractivity contribution in [3.63, 3.8) is 0 Å². The predicted octanol–water partition coefficient (Wildman–Crippen LogP) is 1.86. The molecule has 0 aromatic heterocycles. The molecule has 0 saturated heterocycles. The van der Waals surface area contributed by atoms with Crippen LogP contribution in [0.3, 0.4) is 0 Å². The minimum Gasteiger partial charge on any atom is -0.429 e. The van der Waals surface area contributed by atoms with Gasteiger partial charge in [-0.15, -0.1) is 0 Å². The maximum Gasteiger partial charge on any atom is 0.298 e. The molecule has 0 atom stereocenters. The summed E-state index contributed by atoms with van der Waals surface area (Å²) in [6.07, 6.45) is 1.44. The van der Waals surface area contributed by atoms with Crippen LogP contribution in [0.1, 0.15) is 12.5 Å². The summed E-state index contributed by atoms with van der Waals surface area (Å²) in [5, 5.41) is 10.3.